The van der Waals surface area contributed by atoms with Gasteiger partial charge in [-0.25, -0.2) is 0 Å². The van der Waals surface area contributed by atoms with E-state index in [1.807, 2.05) is 18.2 Å². The van der Waals surface area contributed by atoms with Crippen molar-refractivity contribution in [3.63, 3.8) is 0 Å². The van der Waals surface area contributed by atoms with E-state index in [0.29, 0.717) is 36.0 Å². The number of nitrogens with one attached hydrogen (secondary N) is 1. The highest BCUT2D eigenvalue weighted by Gasteiger charge is 2.07. The lowest BCUT2D eigenvalue weighted by Crippen LogP contribution is -2.25. The molecule has 0 aliphatic carbocycles. The van der Waals surface area contributed by atoms with E-state index in [1.54, 1.807) is 37.4 Å². The van der Waals surface area contributed by atoms with Crippen molar-refractivity contribution in [3.8, 4) is 5.75 Å². The topological polar surface area (TPSA) is 90.1 Å². The summed E-state index contributed by atoms with van der Waals surface area (Å²) in [7, 11) is 0. The van der Waals surface area contributed by atoms with Gasteiger partial charge in [-0.05, 0) is 36.4 Å². The first kappa shape index (κ1) is 16.6. The van der Waals surface area contributed by atoms with Crippen LogP contribution >= 0.6 is 0 Å². The van der Waals surface area contributed by atoms with Crippen molar-refractivity contribution in [1.29, 1.82) is 0 Å². The zero-order valence-corrected chi connectivity index (χ0v) is 13.8. The van der Waals surface area contributed by atoms with E-state index < -0.39 is 0 Å². The molecule has 0 fully saturated rings. The number of hydrogen-bond acceptors (Lipinski definition) is 6. The number of carbonyl (C=O) groups excluding carboxylic acids is 1. The van der Waals surface area contributed by atoms with Gasteiger partial charge >= 0.3 is 0 Å². The number of benzene rings is 1. The molecule has 7 nitrogen and oxygen atoms in total. The van der Waals surface area contributed by atoms with E-state index >= 15 is 0 Å². The second-order valence-electron chi connectivity index (χ2n) is 5.37. The predicted octanol–water partition coefficient (Wildman–Crippen LogP) is 2.32. The number of ether oxygens (including phenoxy) is 1. The highest BCUT2D eigenvalue weighted by Crippen LogP contribution is 2.13. The van der Waals surface area contributed by atoms with Gasteiger partial charge in [-0.2, -0.15) is 4.98 Å². The molecular formula is C18H18N4O3. The smallest absolute Gasteiger partial charge is 0.251 e. The number of nitrogens with zero attached hydrogens (tertiary/aromatic N) is 3. The minimum Gasteiger partial charge on any atom is -0.485 e. The fourth-order valence-electron chi connectivity index (χ4n) is 2.20. The van der Waals surface area contributed by atoms with Gasteiger partial charge in [0, 0.05) is 37.3 Å². The van der Waals surface area contributed by atoms with Crippen molar-refractivity contribution in [2.75, 3.05) is 6.54 Å². The molecule has 0 atom stereocenters. The summed E-state index contributed by atoms with van der Waals surface area (Å²) in [5.74, 6) is 1.48. The third-order valence-corrected chi connectivity index (χ3v) is 3.45. The van der Waals surface area contributed by atoms with Gasteiger partial charge in [-0.1, -0.05) is 11.2 Å². The first-order valence-electron chi connectivity index (χ1n) is 7.91. The van der Waals surface area contributed by atoms with Gasteiger partial charge < -0.3 is 14.6 Å². The lowest BCUT2D eigenvalue weighted by Gasteiger charge is -2.07. The van der Waals surface area contributed by atoms with Crippen LogP contribution in [0.2, 0.25) is 0 Å². The monoisotopic (exact) mass is 338 g/mol. The lowest BCUT2D eigenvalue weighted by atomic mass is 10.2. The highest BCUT2D eigenvalue weighted by molar-refractivity contribution is 5.94. The van der Waals surface area contributed by atoms with Crippen LogP contribution < -0.4 is 10.1 Å². The molecule has 0 bridgehead atoms. The van der Waals surface area contributed by atoms with Crippen molar-refractivity contribution in [1.82, 2.24) is 20.4 Å². The Balaban J connectivity index is 1.46. The molecule has 1 N–H and O–H groups in total. The Kier molecular flexibility index (Phi) is 5.36. The van der Waals surface area contributed by atoms with Crippen molar-refractivity contribution in [3.05, 3.63) is 71.6 Å². The Morgan fingerprint density at radius 1 is 1.20 bits per heavy atom. The van der Waals surface area contributed by atoms with E-state index in [2.05, 4.69) is 20.4 Å². The SMILES string of the molecule is Cc1nc(COc2ccc(C(=O)NCCc3ccccn3)cc2)no1. The third-order valence-electron chi connectivity index (χ3n) is 3.45. The molecule has 0 saturated carbocycles. The Hall–Kier alpha value is -3.22. The zero-order valence-electron chi connectivity index (χ0n) is 13.8. The Morgan fingerprint density at radius 2 is 2.04 bits per heavy atom. The molecule has 0 saturated heterocycles. The van der Waals surface area contributed by atoms with Crippen LogP contribution in [0.1, 0.15) is 27.8 Å². The van der Waals surface area contributed by atoms with Crippen LogP contribution in [0.4, 0.5) is 0 Å². The van der Waals surface area contributed by atoms with Crippen molar-refractivity contribution < 1.29 is 14.1 Å². The van der Waals surface area contributed by atoms with Crippen LogP contribution in [-0.4, -0.2) is 27.6 Å². The van der Waals surface area contributed by atoms with Crippen molar-refractivity contribution in [2.24, 2.45) is 0 Å². The maximum atomic E-state index is 12.1. The fourth-order valence-corrected chi connectivity index (χ4v) is 2.20. The molecule has 0 unspecified atom stereocenters. The second kappa shape index (κ2) is 8.05. The van der Waals surface area contributed by atoms with Crippen LogP contribution in [-0.2, 0) is 13.0 Å². The number of aryl methyl sites for hydroxylation is 1. The summed E-state index contributed by atoms with van der Waals surface area (Å²) in [6.45, 7) is 2.47. The Morgan fingerprint density at radius 3 is 2.72 bits per heavy atom. The van der Waals surface area contributed by atoms with Crippen molar-refractivity contribution >= 4 is 5.91 Å². The summed E-state index contributed by atoms with van der Waals surface area (Å²) in [6, 6.07) is 12.6. The van der Waals surface area contributed by atoms with Gasteiger partial charge in [0.15, 0.2) is 6.61 Å². The molecule has 128 valence electrons. The standard InChI is InChI=1S/C18H18N4O3/c1-13-21-17(22-25-13)12-24-16-7-5-14(6-8-16)18(23)20-11-9-15-4-2-3-10-19-15/h2-8,10H,9,11-12H2,1H3,(H,20,23). The van der Waals surface area contributed by atoms with Crippen LogP contribution in [0, 0.1) is 6.92 Å². The van der Waals surface area contributed by atoms with Gasteiger partial charge in [0.1, 0.15) is 5.75 Å². The zero-order chi connectivity index (χ0) is 17.5. The molecule has 0 spiro atoms. The van der Waals surface area contributed by atoms with Gasteiger partial charge in [0.25, 0.3) is 5.91 Å². The number of rotatable bonds is 7. The van der Waals surface area contributed by atoms with Crippen LogP contribution in [0.15, 0.2) is 53.2 Å². The molecule has 1 aromatic carbocycles. The van der Waals surface area contributed by atoms with Gasteiger partial charge in [-0.3, -0.25) is 9.78 Å². The molecule has 0 aliphatic heterocycles. The van der Waals surface area contributed by atoms with E-state index in [0.717, 1.165) is 5.69 Å². The Bertz CT molecular complexity index is 816. The van der Waals surface area contributed by atoms with Gasteiger partial charge in [0.05, 0.1) is 0 Å². The minimum atomic E-state index is -0.128. The van der Waals surface area contributed by atoms with E-state index in [-0.39, 0.29) is 12.5 Å². The van der Waals surface area contributed by atoms with E-state index in [1.165, 1.54) is 0 Å². The maximum Gasteiger partial charge on any atom is 0.251 e. The molecule has 25 heavy (non-hydrogen) atoms. The largest absolute Gasteiger partial charge is 0.485 e. The number of hydrogen-bond donors (Lipinski definition) is 1. The molecular weight excluding hydrogens is 320 g/mol. The first-order chi connectivity index (χ1) is 12.2. The third kappa shape index (κ3) is 4.87. The second-order valence-corrected chi connectivity index (χ2v) is 5.37. The molecule has 3 aromatic rings. The summed E-state index contributed by atoms with van der Waals surface area (Å²) in [4.78, 5) is 20.4. The van der Waals surface area contributed by atoms with Crippen LogP contribution in [0.3, 0.4) is 0 Å². The van der Waals surface area contributed by atoms with E-state index in [4.69, 9.17) is 9.26 Å². The number of amides is 1. The number of carbonyl (C=O) groups is 1. The molecule has 1 amide bonds. The van der Waals surface area contributed by atoms with Crippen LogP contribution in [0.5, 0.6) is 5.75 Å². The highest BCUT2D eigenvalue weighted by atomic mass is 16.5. The van der Waals surface area contributed by atoms with Crippen molar-refractivity contribution in [2.45, 2.75) is 20.0 Å². The van der Waals surface area contributed by atoms with Gasteiger partial charge in [0.2, 0.25) is 11.7 Å². The van der Waals surface area contributed by atoms with Crippen LogP contribution in [0.25, 0.3) is 0 Å². The molecule has 3 rings (SSSR count). The summed E-state index contributed by atoms with van der Waals surface area (Å²) in [5, 5.41) is 6.63. The molecule has 0 aliphatic rings. The average molecular weight is 338 g/mol. The van der Waals surface area contributed by atoms with Gasteiger partial charge in [-0.15, -0.1) is 0 Å². The first-order valence-corrected chi connectivity index (χ1v) is 7.91. The Labute approximate surface area is 145 Å². The minimum absolute atomic E-state index is 0.128. The lowest BCUT2D eigenvalue weighted by molar-refractivity contribution is 0.0954. The van der Waals surface area contributed by atoms with E-state index in [9.17, 15) is 4.79 Å². The number of pyridine rings is 1. The molecule has 2 heterocycles. The molecule has 0 radical (unpaired) electrons. The normalized spacial score (nSPS) is 10.4. The summed E-state index contributed by atoms with van der Waals surface area (Å²) >= 11 is 0. The molecule has 2 aromatic heterocycles. The summed E-state index contributed by atoms with van der Waals surface area (Å²) in [5.41, 5.74) is 1.52. The summed E-state index contributed by atoms with van der Waals surface area (Å²) < 4.78 is 10.4. The maximum absolute atomic E-state index is 12.1. The predicted molar refractivity (Wildman–Crippen MR) is 90.1 cm³/mol. The molecule has 7 heteroatoms. The average Bonchev–Trinajstić information content (AvgIpc) is 3.06. The fraction of sp³-hybridized carbons (Fsp3) is 0.222. The number of aromatic nitrogens is 3. The quantitative estimate of drug-likeness (QED) is 0.711. The summed E-state index contributed by atoms with van der Waals surface area (Å²) in [6.07, 6.45) is 2.43.